The smallest absolute Gasteiger partial charge is 0.255 e. The Hall–Kier alpha value is -0.560. The van der Waals surface area contributed by atoms with Crippen molar-refractivity contribution in [3.63, 3.8) is 0 Å². The van der Waals surface area contributed by atoms with Crippen molar-refractivity contribution in [2.24, 2.45) is 0 Å². The maximum absolute atomic E-state index is 12.5. The summed E-state index contributed by atoms with van der Waals surface area (Å²) in [5, 5.41) is 10.4. The lowest BCUT2D eigenvalue weighted by atomic mass is 10.0. The van der Waals surface area contributed by atoms with E-state index in [1.54, 1.807) is 11.8 Å². The molecule has 1 amide bonds. The second-order valence-electron chi connectivity index (χ2n) is 6.12. The summed E-state index contributed by atoms with van der Waals surface area (Å²) >= 11 is 3.56. The third-order valence-electron chi connectivity index (χ3n) is 4.50. The second kappa shape index (κ2) is 6.91. The maximum atomic E-state index is 12.5. The van der Waals surface area contributed by atoms with Gasteiger partial charge in [-0.05, 0) is 30.7 Å². The van der Waals surface area contributed by atoms with Crippen molar-refractivity contribution >= 4 is 29.0 Å². The number of piperazine rings is 1. The molecule has 3 heterocycles. The standard InChI is InChI=1S/C16H24N2O2S2/c1-2-13-3-4-14(22-13)11-17-6-8-18(9-7-17)15(19)16(20)5-10-21-12-16/h3-4,20H,2,5-12H2,1H3. The molecule has 0 spiro atoms. The number of carbonyl (C=O) groups is 1. The number of aryl methyl sites for hydroxylation is 1. The number of thioether (sulfide) groups is 1. The van der Waals surface area contributed by atoms with Crippen molar-refractivity contribution in [3.05, 3.63) is 21.9 Å². The van der Waals surface area contributed by atoms with Crippen molar-refractivity contribution in [1.82, 2.24) is 9.80 Å². The Morgan fingerprint density at radius 1 is 1.27 bits per heavy atom. The average molecular weight is 341 g/mol. The lowest BCUT2D eigenvalue weighted by Gasteiger charge is -2.37. The van der Waals surface area contributed by atoms with Crippen LogP contribution in [0.2, 0.25) is 0 Å². The van der Waals surface area contributed by atoms with Gasteiger partial charge in [-0.3, -0.25) is 9.69 Å². The number of amides is 1. The Labute approximate surface area is 140 Å². The molecule has 6 heteroatoms. The minimum absolute atomic E-state index is 0.0541. The van der Waals surface area contributed by atoms with Crippen LogP contribution in [0, 0.1) is 0 Å². The van der Waals surface area contributed by atoms with Crippen LogP contribution in [-0.4, -0.2) is 64.1 Å². The molecule has 1 atom stereocenters. The highest BCUT2D eigenvalue weighted by Gasteiger charge is 2.42. The molecular formula is C16H24N2O2S2. The van der Waals surface area contributed by atoms with Gasteiger partial charge in [-0.1, -0.05) is 6.92 Å². The summed E-state index contributed by atoms with van der Waals surface area (Å²) in [7, 11) is 0. The predicted octanol–water partition coefficient (Wildman–Crippen LogP) is 1.82. The van der Waals surface area contributed by atoms with E-state index in [1.807, 2.05) is 16.2 Å². The van der Waals surface area contributed by atoms with Gasteiger partial charge in [-0.15, -0.1) is 11.3 Å². The maximum Gasteiger partial charge on any atom is 0.255 e. The predicted molar refractivity (Wildman–Crippen MR) is 92.4 cm³/mol. The molecule has 1 N–H and O–H groups in total. The van der Waals surface area contributed by atoms with Crippen LogP contribution in [-0.2, 0) is 17.8 Å². The summed E-state index contributed by atoms with van der Waals surface area (Å²) < 4.78 is 0. The summed E-state index contributed by atoms with van der Waals surface area (Å²) in [5.41, 5.74) is -1.10. The van der Waals surface area contributed by atoms with Crippen LogP contribution >= 0.6 is 23.1 Å². The van der Waals surface area contributed by atoms with Gasteiger partial charge in [0.25, 0.3) is 5.91 Å². The van der Waals surface area contributed by atoms with Gasteiger partial charge >= 0.3 is 0 Å². The molecule has 0 saturated carbocycles. The Balaban J connectivity index is 1.50. The molecule has 2 aliphatic heterocycles. The van der Waals surface area contributed by atoms with Gasteiger partial charge in [0.2, 0.25) is 0 Å². The van der Waals surface area contributed by atoms with Gasteiger partial charge in [-0.25, -0.2) is 0 Å². The summed E-state index contributed by atoms with van der Waals surface area (Å²) in [6, 6.07) is 4.44. The first kappa shape index (κ1) is 16.3. The highest BCUT2D eigenvalue weighted by molar-refractivity contribution is 7.99. The molecule has 0 aromatic carbocycles. The van der Waals surface area contributed by atoms with Crippen LogP contribution < -0.4 is 0 Å². The molecular weight excluding hydrogens is 316 g/mol. The number of thiophene rings is 1. The zero-order chi connectivity index (χ0) is 15.6. The molecule has 3 rings (SSSR count). The Morgan fingerprint density at radius 3 is 2.59 bits per heavy atom. The van der Waals surface area contributed by atoms with E-state index in [2.05, 4.69) is 24.0 Å². The third kappa shape index (κ3) is 3.50. The number of aliphatic hydroxyl groups is 1. The largest absolute Gasteiger partial charge is 0.379 e. The summed E-state index contributed by atoms with van der Waals surface area (Å²) in [6.45, 7) is 6.43. The number of hydrogen-bond donors (Lipinski definition) is 1. The molecule has 4 nitrogen and oxygen atoms in total. The Morgan fingerprint density at radius 2 is 2.00 bits per heavy atom. The van der Waals surface area contributed by atoms with Crippen LogP contribution in [0.15, 0.2) is 12.1 Å². The van der Waals surface area contributed by atoms with Crippen molar-refractivity contribution in [2.45, 2.75) is 31.9 Å². The van der Waals surface area contributed by atoms with E-state index in [0.29, 0.717) is 12.2 Å². The fourth-order valence-electron chi connectivity index (χ4n) is 3.04. The first-order valence-electron chi connectivity index (χ1n) is 8.00. The first-order chi connectivity index (χ1) is 10.6. The quantitative estimate of drug-likeness (QED) is 0.908. The fraction of sp³-hybridized carbons (Fsp3) is 0.688. The number of hydrogen-bond acceptors (Lipinski definition) is 5. The van der Waals surface area contributed by atoms with Crippen molar-refractivity contribution in [1.29, 1.82) is 0 Å². The van der Waals surface area contributed by atoms with E-state index in [0.717, 1.165) is 44.9 Å². The zero-order valence-electron chi connectivity index (χ0n) is 13.1. The van der Waals surface area contributed by atoms with Crippen molar-refractivity contribution in [2.75, 3.05) is 37.7 Å². The van der Waals surface area contributed by atoms with Gasteiger partial charge in [0.1, 0.15) is 0 Å². The number of carbonyl (C=O) groups excluding carboxylic acids is 1. The zero-order valence-corrected chi connectivity index (χ0v) is 14.7. The van der Waals surface area contributed by atoms with Crippen LogP contribution in [0.1, 0.15) is 23.1 Å². The first-order valence-corrected chi connectivity index (χ1v) is 9.97. The molecule has 2 saturated heterocycles. The number of rotatable bonds is 4. The fourth-order valence-corrected chi connectivity index (χ4v) is 5.28. The molecule has 2 fully saturated rings. The van der Waals surface area contributed by atoms with Crippen molar-refractivity contribution < 1.29 is 9.90 Å². The van der Waals surface area contributed by atoms with Crippen LogP contribution in [0.25, 0.3) is 0 Å². The van der Waals surface area contributed by atoms with E-state index in [1.165, 1.54) is 9.75 Å². The van der Waals surface area contributed by atoms with E-state index in [4.69, 9.17) is 0 Å². The summed E-state index contributed by atoms with van der Waals surface area (Å²) in [4.78, 5) is 19.6. The SMILES string of the molecule is CCc1ccc(CN2CCN(C(=O)C3(O)CCSC3)CC2)s1. The Bertz CT molecular complexity index is 518. The van der Waals surface area contributed by atoms with Crippen LogP contribution in [0.4, 0.5) is 0 Å². The van der Waals surface area contributed by atoms with Gasteiger partial charge < -0.3 is 10.0 Å². The summed E-state index contributed by atoms with van der Waals surface area (Å²) in [5.74, 6) is 1.39. The molecule has 1 unspecified atom stereocenters. The lowest BCUT2D eigenvalue weighted by Crippen LogP contribution is -2.55. The second-order valence-corrected chi connectivity index (χ2v) is 8.48. The minimum atomic E-state index is -1.10. The molecule has 0 aliphatic carbocycles. The molecule has 0 radical (unpaired) electrons. The van der Waals surface area contributed by atoms with Gasteiger partial charge in [0.15, 0.2) is 5.60 Å². The minimum Gasteiger partial charge on any atom is -0.379 e. The highest BCUT2D eigenvalue weighted by atomic mass is 32.2. The van der Waals surface area contributed by atoms with Crippen LogP contribution in [0.5, 0.6) is 0 Å². The normalized spacial score (nSPS) is 26.5. The van der Waals surface area contributed by atoms with E-state index < -0.39 is 5.60 Å². The molecule has 122 valence electrons. The number of nitrogens with zero attached hydrogens (tertiary/aromatic N) is 2. The van der Waals surface area contributed by atoms with E-state index >= 15 is 0 Å². The molecule has 1 aromatic rings. The van der Waals surface area contributed by atoms with Crippen LogP contribution in [0.3, 0.4) is 0 Å². The summed E-state index contributed by atoms with van der Waals surface area (Å²) in [6.07, 6.45) is 1.70. The molecule has 2 aliphatic rings. The van der Waals surface area contributed by atoms with Crippen molar-refractivity contribution in [3.8, 4) is 0 Å². The Kier molecular flexibility index (Phi) is 5.12. The molecule has 1 aromatic heterocycles. The molecule has 22 heavy (non-hydrogen) atoms. The monoisotopic (exact) mass is 340 g/mol. The third-order valence-corrected chi connectivity index (χ3v) is 6.89. The highest BCUT2D eigenvalue weighted by Crippen LogP contribution is 2.30. The average Bonchev–Trinajstić information content (AvgIpc) is 3.17. The van der Waals surface area contributed by atoms with E-state index in [9.17, 15) is 9.90 Å². The van der Waals surface area contributed by atoms with Gasteiger partial charge in [0.05, 0.1) is 0 Å². The van der Waals surface area contributed by atoms with E-state index in [-0.39, 0.29) is 5.91 Å². The molecule has 0 bridgehead atoms. The van der Waals surface area contributed by atoms with Gasteiger partial charge in [0, 0.05) is 48.2 Å². The topological polar surface area (TPSA) is 43.8 Å². The van der Waals surface area contributed by atoms with Gasteiger partial charge in [-0.2, -0.15) is 11.8 Å². The lowest BCUT2D eigenvalue weighted by molar-refractivity contribution is -0.150.